The molecular formula is C17H22N2O3. The number of hydrogen-bond acceptors (Lipinski definition) is 4. The lowest BCUT2D eigenvalue weighted by molar-refractivity contribution is -0.131. The van der Waals surface area contributed by atoms with Crippen molar-refractivity contribution in [3.05, 3.63) is 41.8 Å². The maximum absolute atomic E-state index is 12.3. The highest BCUT2D eigenvalue weighted by Crippen LogP contribution is 2.22. The summed E-state index contributed by atoms with van der Waals surface area (Å²) in [6, 6.07) is 9.70. The first-order valence-electron chi connectivity index (χ1n) is 7.29. The van der Waals surface area contributed by atoms with Crippen LogP contribution in [0.25, 0.3) is 11.5 Å². The summed E-state index contributed by atoms with van der Waals surface area (Å²) in [5, 5.41) is 0. The highest BCUT2D eigenvalue weighted by Gasteiger charge is 2.20. The topological polar surface area (TPSA) is 55.6 Å². The van der Waals surface area contributed by atoms with E-state index in [2.05, 4.69) is 4.98 Å². The van der Waals surface area contributed by atoms with Gasteiger partial charge in [0.2, 0.25) is 11.8 Å². The monoisotopic (exact) mass is 302 g/mol. The summed E-state index contributed by atoms with van der Waals surface area (Å²) in [5.41, 5.74) is 1.59. The minimum Gasteiger partial charge on any atom is -0.441 e. The third kappa shape index (κ3) is 3.74. The van der Waals surface area contributed by atoms with Gasteiger partial charge in [0.1, 0.15) is 5.76 Å². The highest BCUT2D eigenvalue weighted by atomic mass is 16.5. The lowest BCUT2D eigenvalue weighted by Crippen LogP contribution is -2.38. The van der Waals surface area contributed by atoms with Gasteiger partial charge in [0, 0.05) is 19.7 Å². The Hall–Kier alpha value is -2.14. The van der Waals surface area contributed by atoms with Crippen molar-refractivity contribution in [2.24, 2.45) is 0 Å². The minimum atomic E-state index is 0.000520. The standard InChI is InChI=1S/C17H22N2O3/c1-12(11-21-4)19(3)16(20)10-15-13(2)22-17(18-15)14-8-6-5-7-9-14/h5-9,12H,10-11H2,1-4H3. The Bertz CT molecular complexity index is 622. The van der Waals surface area contributed by atoms with Gasteiger partial charge in [-0.05, 0) is 26.0 Å². The van der Waals surface area contributed by atoms with Crippen LogP contribution in [0.5, 0.6) is 0 Å². The lowest BCUT2D eigenvalue weighted by atomic mass is 10.2. The van der Waals surface area contributed by atoms with Crippen molar-refractivity contribution in [2.45, 2.75) is 26.3 Å². The lowest BCUT2D eigenvalue weighted by Gasteiger charge is -2.24. The van der Waals surface area contributed by atoms with Crippen LogP contribution in [0.15, 0.2) is 34.7 Å². The summed E-state index contributed by atoms with van der Waals surface area (Å²) in [7, 11) is 3.41. The fourth-order valence-corrected chi connectivity index (χ4v) is 2.16. The average Bonchev–Trinajstić information content (AvgIpc) is 2.88. The number of aryl methyl sites for hydroxylation is 1. The van der Waals surface area contributed by atoms with E-state index >= 15 is 0 Å². The van der Waals surface area contributed by atoms with Crippen molar-refractivity contribution >= 4 is 5.91 Å². The third-order valence-corrected chi connectivity index (χ3v) is 3.69. The molecule has 0 N–H and O–H groups in total. The van der Waals surface area contributed by atoms with Gasteiger partial charge in [-0.3, -0.25) is 4.79 Å². The van der Waals surface area contributed by atoms with E-state index in [1.807, 2.05) is 44.2 Å². The number of rotatable bonds is 6. The molecular weight excluding hydrogens is 280 g/mol. The average molecular weight is 302 g/mol. The van der Waals surface area contributed by atoms with E-state index in [0.29, 0.717) is 24.0 Å². The minimum absolute atomic E-state index is 0.000520. The van der Waals surface area contributed by atoms with Crippen LogP contribution in [-0.4, -0.2) is 42.6 Å². The van der Waals surface area contributed by atoms with Crippen LogP contribution < -0.4 is 0 Å². The van der Waals surface area contributed by atoms with Crippen molar-refractivity contribution in [1.29, 1.82) is 0 Å². The zero-order chi connectivity index (χ0) is 16.1. The number of benzene rings is 1. The molecule has 1 atom stereocenters. The van der Waals surface area contributed by atoms with E-state index in [1.54, 1.807) is 19.1 Å². The number of carbonyl (C=O) groups excluding carboxylic acids is 1. The molecule has 0 spiro atoms. The first-order valence-corrected chi connectivity index (χ1v) is 7.29. The Morgan fingerprint density at radius 3 is 2.68 bits per heavy atom. The molecule has 5 heteroatoms. The Morgan fingerprint density at radius 1 is 1.36 bits per heavy atom. The van der Waals surface area contributed by atoms with E-state index < -0.39 is 0 Å². The number of ether oxygens (including phenoxy) is 1. The number of nitrogens with zero attached hydrogens (tertiary/aromatic N) is 2. The molecule has 0 saturated carbocycles. The molecule has 1 aromatic heterocycles. The largest absolute Gasteiger partial charge is 0.441 e. The maximum Gasteiger partial charge on any atom is 0.228 e. The second-order valence-electron chi connectivity index (χ2n) is 5.37. The number of oxazole rings is 1. The quantitative estimate of drug-likeness (QED) is 0.823. The molecule has 118 valence electrons. The van der Waals surface area contributed by atoms with Gasteiger partial charge in [0.25, 0.3) is 0 Å². The molecule has 1 aromatic carbocycles. The molecule has 1 unspecified atom stereocenters. The Balaban J connectivity index is 2.11. The molecule has 0 aliphatic heterocycles. The first kappa shape index (κ1) is 16.2. The van der Waals surface area contributed by atoms with Crippen LogP contribution in [0.4, 0.5) is 0 Å². The van der Waals surface area contributed by atoms with Gasteiger partial charge >= 0.3 is 0 Å². The number of methoxy groups -OCH3 is 1. The molecule has 0 saturated heterocycles. The molecule has 22 heavy (non-hydrogen) atoms. The smallest absolute Gasteiger partial charge is 0.228 e. The molecule has 1 amide bonds. The fraction of sp³-hybridized carbons (Fsp3) is 0.412. The van der Waals surface area contributed by atoms with Gasteiger partial charge in [0.15, 0.2) is 0 Å². The molecule has 0 fully saturated rings. The second kappa shape index (κ2) is 7.22. The van der Waals surface area contributed by atoms with E-state index in [-0.39, 0.29) is 18.4 Å². The summed E-state index contributed by atoms with van der Waals surface area (Å²) >= 11 is 0. The Labute approximate surface area is 130 Å². The molecule has 0 aliphatic rings. The van der Waals surface area contributed by atoms with E-state index in [1.165, 1.54) is 0 Å². The van der Waals surface area contributed by atoms with Crippen LogP contribution in [0.3, 0.4) is 0 Å². The highest BCUT2D eigenvalue weighted by molar-refractivity contribution is 5.78. The zero-order valence-electron chi connectivity index (χ0n) is 13.5. The Kier molecular flexibility index (Phi) is 5.33. The van der Waals surface area contributed by atoms with E-state index in [9.17, 15) is 4.79 Å². The van der Waals surface area contributed by atoms with Crippen molar-refractivity contribution in [3.63, 3.8) is 0 Å². The first-order chi connectivity index (χ1) is 10.5. The molecule has 2 rings (SSSR count). The third-order valence-electron chi connectivity index (χ3n) is 3.69. The zero-order valence-corrected chi connectivity index (χ0v) is 13.5. The number of hydrogen-bond donors (Lipinski definition) is 0. The van der Waals surface area contributed by atoms with Crippen molar-refractivity contribution < 1.29 is 13.9 Å². The summed E-state index contributed by atoms with van der Waals surface area (Å²) in [4.78, 5) is 18.5. The number of aromatic nitrogens is 1. The van der Waals surface area contributed by atoms with Gasteiger partial charge in [-0.25, -0.2) is 4.98 Å². The van der Waals surface area contributed by atoms with Gasteiger partial charge < -0.3 is 14.1 Å². The second-order valence-corrected chi connectivity index (χ2v) is 5.37. The van der Waals surface area contributed by atoms with Crippen LogP contribution >= 0.6 is 0 Å². The summed E-state index contributed by atoms with van der Waals surface area (Å²) in [6.07, 6.45) is 0.229. The van der Waals surface area contributed by atoms with Crippen LogP contribution in [0, 0.1) is 6.92 Å². The molecule has 5 nitrogen and oxygen atoms in total. The molecule has 0 radical (unpaired) electrons. The summed E-state index contributed by atoms with van der Waals surface area (Å²) in [6.45, 7) is 4.29. The fourth-order valence-electron chi connectivity index (χ4n) is 2.16. The van der Waals surface area contributed by atoms with E-state index in [4.69, 9.17) is 9.15 Å². The number of likely N-dealkylation sites (N-methyl/N-ethyl adjacent to an activating group) is 1. The van der Waals surface area contributed by atoms with Crippen LogP contribution in [-0.2, 0) is 16.0 Å². The van der Waals surface area contributed by atoms with E-state index in [0.717, 1.165) is 5.56 Å². The van der Waals surface area contributed by atoms with Gasteiger partial charge in [0.05, 0.1) is 24.8 Å². The Morgan fingerprint density at radius 2 is 2.05 bits per heavy atom. The number of carbonyl (C=O) groups is 1. The van der Waals surface area contributed by atoms with Crippen LogP contribution in [0.2, 0.25) is 0 Å². The normalized spacial score (nSPS) is 12.2. The van der Waals surface area contributed by atoms with Crippen molar-refractivity contribution in [2.75, 3.05) is 20.8 Å². The predicted octanol–water partition coefficient (Wildman–Crippen LogP) is 2.69. The predicted molar refractivity (Wildman–Crippen MR) is 84.5 cm³/mol. The van der Waals surface area contributed by atoms with Crippen molar-refractivity contribution in [3.8, 4) is 11.5 Å². The van der Waals surface area contributed by atoms with Gasteiger partial charge in [-0.1, -0.05) is 18.2 Å². The summed E-state index contributed by atoms with van der Waals surface area (Å²) in [5.74, 6) is 1.23. The molecule has 1 heterocycles. The van der Waals surface area contributed by atoms with Gasteiger partial charge in [-0.2, -0.15) is 0 Å². The number of amides is 1. The molecule has 0 bridgehead atoms. The SMILES string of the molecule is COCC(C)N(C)C(=O)Cc1nc(-c2ccccc2)oc1C. The summed E-state index contributed by atoms with van der Waals surface area (Å²) < 4.78 is 10.8. The van der Waals surface area contributed by atoms with Crippen LogP contribution in [0.1, 0.15) is 18.4 Å². The molecule has 2 aromatic rings. The molecule has 0 aliphatic carbocycles. The van der Waals surface area contributed by atoms with Gasteiger partial charge in [-0.15, -0.1) is 0 Å². The maximum atomic E-state index is 12.3. The van der Waals surface area contributed by atoms with Crippen molar-refractivity contribution in [1.82, 2.24) is 9.88 Å².